The van der Waals surface area contributed by atoms with E-state index in [0.29, 0.717) is 12.6 Å². The number of aliphatic hydroxyl groups excluding tert-OH is 1. The number of rotatable bonds is 6. The topological polar surface area (TPSA) is 41.5 Å². The van der Waals surface area contributed by atoms with E-state index >= 15 is 0 Å². The van der Waals surface area contributed by atoms with Gasteiger partial charge in [-0.2, -0.15) is 0 Å². The number of aliphatic hydroxyl groups is 1. The van der Waals surface area contributed by atoms with Gasteiger partial charge in [0.2, 0.25) is 0 Å². The summed E-state index contributed by atoms with van der Waals surface area (Å²) in [6.07, 6.45) is -0.500. The highest BCUT2D eigenvalue weighted by Crippen LogP contribution is 2.23. The van der Waals surface area contributed by atoms with Gasteiger partial charge in [-0.3, -0.25) is 0 Å². The Labute approximate surface area is 109 Å². The van der Waals surface area contributed by atoms with E-state index in [9.17, 15) is 5.11 Å². The van der Waals surface area contributed by atoms with Gasteiger partial charge in [-0.05, 0) is 19.1 Å². The molecule has 0 bridgehead atoms. The van der Waals surface area contributed by atoms with Crippen molar-refractivity contribution in [3.8, 4) is 5.75 Å². The number of nitrogens with one attached hydrogen (secondary N) is 1. The van der Waals surface area contributed by atoms with Crippen molar-refractivity contribution in [2.24, 2.45) is 0 Å². The molecular formula is C13H21NO2S. The Morgan fingerprint density at radius 3 is 2.76 bits per heavy atom. The highest BCUT2D eigenvalue weighted by Gasteiger charge is 2.08. The molecule has 0 radical (unpaired) electrons. The average molecular weight is 255 g/mol. The molecule has 2 N–H and O–H groups in total. The minimum Gasteiger partial charge on any atom is -0.491 e. The van der Waals surface area contributed by atoms with Crippen LogP contribution in [0.4, 0.5) is 0 Å². The van der Waals surface area contributed by atoms with Gasteiger partial charge in [-0.25, -0.2) is 0 Å². The molecule has 4 heteroatoms. The molecule has 1 unspecified atom stereocenters. The van der Waals surface area contributed by atoms with Crippen molar-refractivity contribution in [3.05, 3.63) is 23.8 Å². The van der Waals surface area contributed by atoms with Crippen molar-refractivity contribution in [1.29, 1.82) is 0 Å². The molecule has 0 spiro atoms. The molecule has 96 valence electrons. The Morgan fingerprint density at radius 1 is 1.41 bits per heavy atom. The summed E-state index contributed by atoms with van der Waals surface area (Å²) in [5, 5.41) is 12.9. The lowest BCUT2D eigenvalue weighted by atomic mass is 10.2. The molecule has 3 nitrogen and oxygen atoms in total. The summed E-state index contributed by atoms with van der Waals surface area (Å²) >= 11 is 4.33. The largest absolute Gasteiger partial charge is 0.491 e. The highest BCUT2D eigenvalue weighted by atomic mass is 32.1. The number of hydrogen-bond donors (Lipinski definition) is 3. The molecule has 0 saturated carbocycles. The Kier molecular flexibility index (Phi) is 5.82. The monoisotopic (exact) mass is 255 g/mol. The van der Waals surface area contributed by atoms with E-state index in [2.05, 4.69) is 17.9 Å². The summed E-state index contributed by atoms with van der Waals surface area (Å²) < 4.78 is 5.57. The Morgan fingerprint density at radius 2 is 2.12 bits per heavy atom. The van der Waals surface area contributed by atoms with Crippen LogP contribution >= 0.6 is 12.6 Å². The fraction of sp³-hybridized carbons (Fsp3) is 0.538. The van der Waals surface area contributed by atoms with Crippen LogP contribution in [-0.2, 0) is 0 Å². The number of thiol groups is 1. The van der Waals surface area contributed by atoms with Gasteiger partial charge in [0.15, 0.2) is 0 Å². The second-order valence-corrected chi connectivity index (χ2v) is 4.91. The van der Waals surface area contributed by atoms with Gasteiger partial charge in [0, 0.05) is 23.0 Å². The van der Waals surface area contributed by atoms with Crippen LogP contribution in [0.1, 0.15) is 19.4 Å². The van der Waals surface area contributed by atoms with Crippen molar-refractivity contribution in [2.45, 2.75) is 37.8 Å². The predicted octanol–water partition coefficient (Wildman–Crippen LogP) is 2.02. The number of ether oxygens (including phenoxy) is 1. The molecule has 1 aromatic rings. The normalized spacial score (nSPS) is 12.8. The summed E-state index contributed by atoms with van der Waals surface area (Å²) in [6, 6.07) is 6.07. The first-order valence-corrected chi connectivity index (χ1v) is 6.28. The van der Waals surface area contributed by atoms with E-state index in [-0.39, 0.29) is 6.61 Å². The summed E-state index contributed by atoms with van der Waals surface area (Å²) in [7, 11) is 0. The first-order valence-electron chi connectivity index (χ1n) is 5.83. The molecule has 0 aliphatic heterocycles. The summed E-state index contributed by atoms with van der Waals surface area (Å²) in [5.41, 5.74) is 1.000. The SMILES string of the molecule is Cc1c(S)cccc1OCC(O)CNC(C)C. The standard InChI is InChI=1S/C13H21NO2S/c1-9(2)14-7-11(15)8-16-12-5-4-6-13(17)10(12)3/h4-6,9,11,14-15,17H,7-8H2,1-3H3. The van der Waals surface area contributed by atoms with Gasteiger partial charge in [-0.1, -0.05) is 19.9 Å². The zero-order chi connectivity index (χ0) is 12.8. The summed E-state index contributed by atoms with van der Waals surface area (Å²) in [5.74, 6) is 0.779. The maximum absolute atomic E-state index is 9.71. The van der Waals surface area contributed by atoms with Crippen LogP contribution in [0.2, 0.25) is 0 Å². The minimum absolute atomic E-state index is 0.289. The van der Waals surface area contributed by atoms with Crippen LogP contribution in [0.5, 0.6) is 5.75 Å². The van der Waals surface area contributed by atoms with Crippen molar-refractivity contribution in [2.75, 3.05) is 13.2 Å². The van der Waals surface area contributed by atoms with E-state index in [0.717, 1.165) is 16.2 Å². The lowest BCUT2D eigenvalue weighted by Gasteiger charge is -2.16. The second-order valence-electron chi connectivity index (χ2n) is 4.43. The molecule has 0 heterocycles. The van der Waals surface area contributed by atoms with Crippen LogP contribution in [0.25, 0.3) is 0 Å². The summed E-state index contributed by atoms with van der Waals surface area (Å²) in [4.78, 5) is 0.900. The zero-order valence-corrected chi connectivity index (χ0v) is 11.5. The average Bonchev–Trinajstić information content (AvgIpc) is 2.28. The molecule has 0 aliphatic rings. The lowest BCUT2D eigenvalue weighted by Crippen LogP contribution is -2.35. The molecule has 0 aromatic heterocycles. The Bertz CT molecular complexity index is 355. The predicted molar refractivity (Wildman–Crippen MR) is 73.1 cm³/mol. The van der Waals surface area contributed by atoms with Gasteiger partial charge in [0.1, 0.15) is 18.5 Å². The van der Waals surface area contributed by atoms with E-state index in [4.69, 9.17) is 4.74 Å². The highest BCUT2D eigenvalue weighted by molar-refractivity contribution is 7.80. The molecule has 1 atom stereocenters. The zero-order valence-electron chi connectivity index (χ0n) is 10.6. The van der Waals surface area contributed by atoms with Crippen molar-refractivity contribution < 1.29 is 9.84 Å². The third-order valence-corrected chi connectivity index (χ3v) is 2.93. The molecular weight excluding hydrogens is 234 g/mol. The van der Waals surface area contributed by atoms with E-state index in [1.165, 1.54) is 0 Å². The second kappa shape index (κ2) is 6.89. The van der Waals surface area contributed by atoms with Crippen LogP contribution in [0.15, 0.2) is 23.1 Å². The first kappa shape index (κ1) is 14.4. The van der Waals surface area contributed by atoms with Gasteiger partial charge >= 0.3 is 0 Å². The fourth-order valence-corrected chi connectivity index (χ4v) is 1.57. The molecule has 17 heavy (non-hydrogen) atoms. The Balaban J connectivity index is 2.42. The Hall–Kier alpha value is -0.710. The van der Waals surface area contributed by atoms with Gasteiger partial charge in [0.25, 0.3) is 0 Å². The lowest BCUT2D eigenvalue weighted by molar-refractivity contribution is 0.104. The van der Waals surface area contributed by atoms with Crippen LogP contribution in [-0.4, -0.2) is 30.4 Å². The van der Waals surface area contributed by atoms with E-state index in [1.807, 2.05) is 39.0 Å². The molecule has 1 rings (SSSR count). The van der Waals surface area contributed by atoms with Crippen molar-refractivity contribution in [3.63, 3.8) is 0 Å². The maximum atomic E-state index is 9.71. The van der Waals surface area contributed by atoms with E-state index in [1.54, 1.807) is 0 Å². The minimum atomic E-state index is -0.500. The van der Waals surface area contributed by atoms with Crippen molar-refractivity contribution in [1.82, 2.24) is 5.32 Å². The molecule has 0 aliphatic carbocycles. The van der Waals surface area contributed by atoms with Gasteiger partial charge < -0.3 is 15.2 Å². The van der Waals surface area contributed by atoms with Gasteiger partial charge in [0.05, 0.1) is 0 Å². The third-order valence-electron chi connectivity index (χ3n) is 2.45. The quantitative estimate of drug-likeness (QED) is 0.681. The molecule has 0 amide bonds. The number of hydrogen-bond acceptors (Lipinski definition) is 4. The third kappa shape index (κ3) is 4.98. The van der Waals surface area contributed by atoms with Crippen LogP contribution in [0.3, 0.4) is 0 Å². The fourth-order valence-electron chi connectivity index (χ4n) is 1.38. The molecule has 0 saturated heterocycles. The summed E-state index contributed by atoms with van der Waals surface area (Å²) in [6.45, 7) is 6.87. The molecule has 1 aromatic carbocycles. The van der Waals surface area contributed by atoms with Crippen molar-refractivity contribution >= 4 is 12.6 Å². The smallest absolute Gasteiger partial charge is 0.123 e. The van der Waals surface area contributed by atoms with Gasteiger partial charge in [-0.15, -0.1) is 12.6 Å². The van der Waals surface area contributed by atoms with E-state index < -0.39 is 6.10 Å². The number of benzene rings is 1. The van der Waals surface area contributed by atoms with Crippen LogP contribution in [0, 0.1) is 6.92 Å². The molecule has 0 fully saturated rings. The maximum Gasteiger partial charge on any atom is 0.123 e. The first-order chi connectivity index (χ1) is 8.00. The van der Waals surface area contributed by atoms with Crippen LogP contribution < -0.4 is 10.1 Å².